The Morgan fingerprint density at radius 1 is 1.17 bits per heavy atom. The number of carbonyl (C=O) groups is 2. The third-order valence-corrected chi connectivity index (χ3v) is 4.14. The number of amides is 2. The van der Waals surface area contributed by atoms with Gasteiger partial charge in [-0.15, -0.1) is 6.58 Å². The van der Waals surface area contributed by atoms with Crippen LogP contribution in [-0.4, -0.2) is 31.4 Å². The first kappa shape index (κ1) is 17.1. The van der Waals surface area contributed by atoms with Crippen molar-refractivity contribution in [1.82, 2.24) is 5.32 Å². The molecule has 0 spiro atoms. The molecule has 124 valence electrons. The highest BCUT2D eigenvalue weighted by Gasteiger charge is 2.35. The summed E-state index contributed by atoms with van der Waals surface area (Å²) in [6.45, 7) is 9.29. The lowest BCUT2D eigenvalue weighted by Gasteiger charge is -2.23. The molecule has 0 atom stereocenters. The quantitative estimate of drug-likeness (QED) is 0.626. The molecule has 0 bridgehead atoms. The Morgan fingerprint density at radius 2 is 1.78 bits per heavy atom. The lowest BCUT2D eigenvalue weighted by molar-refractivity contribution is -0.138. The molecule has 1 fully saturated rings. The van der Waals surface area contributed by atoms with Gasteiger partial charge in [0.2, 0.25) is 11.8 Å². The lowest BCUT2D eigenvalue weighted by Crippen LogP contribution is -2.45. The molecule has 0 aliphatic carbocycles. The van der Waals surface area contributed by atoms with Crippen LogP contribution in [0.4, 0.5) is 11.4 Å². The molecule has 5 nitrogen and oxygen atoms in total. The lowest BCUT2D eigenvalue weighted by atomic mass is 9.91. The fourth-order valence-corrected chi connectivity index (χ4v) is 2.51. The number of nitrogens with zero attached hydrogens (tertiary/aromatic N) is 1. The molecule has 1 saturated heterocycles. The van der Waals surface area contributed by atoms with E-state index in [1.54, 1.807) is 19.9 Å². The van der Waals surface area contributed by atoms with Gasteiger partial charge in [-0.2, -0.15) is 0 Å². The minimum atomic E-state index is -1.14. The van der Waals surface area contributed by atoms with Gasteiger partial charge in [-0.3, -0.25) is 9.59 Å². The Bertz CT molecular complexity index is 572. The van der Waals surface area contributed by atoms with Crippen LogP contribution in [0, 0.1) is 5.41 Å². The molecular formula is C18H25N3O2. The summed E-state index contributed by atoms with van der Waals surface area (Å²) in [7, 11) is 0. The van der Waals surface area contributed by atoms with Gasteiger partial charge in [0.25, 0.3) is 0 Å². The molecule has 1 aromatic carbocycles. The van der Waals surface area contributed by atoms with Crippen LogP contribution < -0.4 is 15.5 Å². The van der Waals surface area contributed by atoms with E-state index in [1.807, 2.05) is 24.3 Å². The first-order valence-electron chi connectivity index (χ1n) is 8.01. The maximum atomic E-state index is 12.4. The highest BCUT2D eigenvalue weighted by molar-refractivity contribution is 6.09. The van der Waals surface area contributed by atoms with Crippen molar-refractivity contribution in [2.45, 2.75) is 26.7 Å². The van der Waals surface area contributed by atoms with Crippen molar-refractivity contribution in [3.05, 3.63) is 36.9 Å². The van der Waals surface area contributed by atoms with Crippen LogP contribution in [0.3, 0.4) is 0 Å². The van der Waals surface area contributed by atoms with Crippen molar-refractivity contribution in [2.75, 3.05) is 29.9 Å². The average Bonchev–Trinajstić information content (AvgIpc) is 3.07. The number of hydrogen-bond donors (Lipinski definition) is 2. The Morgan fingerprint density at radius 3 is 2.35 bits per heavy atom. The van der Waals surface area contributed by atoms with Gasteiger partial charge in [0, 0.05) is 31.0 Å². The summed E-state index contributed by atoms with van der Waals surface area (Å²) in [5.74, 6) is -0.642. The standard InChI is InChI=1S/C18H25N3O2/c1-4-11-19-16(22)18(2,3)17(23)20-14-7-9-15(10-8-14)21-12-5-6-13-21/h4,7-10H,1,5-6,11-13H2,2-3H3,(H,19,22)(H,20,23). The first-order valence-corrected chi connectivity index (χ1v) is 8.01. The summed E-state index contributed by atoms with van der Waals surface area (Å²) in [6, 6.07) is 7.77. The molecule has 2 N–H and O–H groups in total. The topological polar surface area (TPSA) is 61.4 Å². The van der Waals surface area contributed by atoms with Crippen LogP contribution in [0.2, 0.25) is 0 Å². The Balaban J connectivity index is 1.98. The fourth-order valence-electron chi connectivity index (χ4n) is 2.51. The molecule has 0 unspecified atom stereocenters. The van der Waals surface area contributed by atoms with Crippen molar-refractivity contribution >= 4 is 23.2 Å². The van der Waals surface area contributed by atoms with Crippen molar-refractivity contribution in [2.24, 2.45) is 5.41 Å². The summed E-state index contributed by atoms with van der Waals surface area (Å²) in [4.78, 5) is 26.8. The third-order valence-electron chi connectivity index (χ3n) is 4.14. The van der Waals surface area contributed by atoms with E-state index in [2.05, 4.69) is 22.1 Å². The second-order valence-corrected chi connectivity index (χ2v) is 6.32. The van der Waals surface area contributed by atoms with Crippen molar-refractivity contribution in [3.63, 3.8) is 0 Å². The minimum absolute atomic E-state index is 0.316. The maximum absolute atomic E-state index is 12.4. The second-order valence-electron chi connectivity index (χ2n) is 6.32. The van der Waals surface area contributed by atoms with E-state index >= 15 is 0 Å². The van der Waals surface area contributed by atoms with Crippen molar-refractivity contribution in [3.8, 4) is 0 Å². The number of hydrogen-bond acceptors (Lipinski definition) is 3. The van der Waals surface area contributed by atoms with Crippen molar-refractivity contribution in [1.29, 1.82) is 0 Å². The molecule has 5 heteroatoms. The van der Waals surface area contributed by atoms with E-state index in [0.29, 0.717) is 12.2 Å². The van der Waals surface area contributed by atoms with Crippen LogP contribution in [0.15, 0.2) is 36.9 Å². The van der Waals surface area contributed by atoms with Gasteiger partial charge < -0.3 is 15.5 Å². The van der Waals surface area contributed by atoms with E-state index in [0.717, 1.165) is 13.1 Å². The molecule has 1 aliphatic heterocycles. The molecule has 0 radical (unpaired) electrons. The molecule has 2 rings (SSSR count). The highest BCUT2D eigenvalue weighted by Crippen LogP contribution is 2.24. The summed E-state index contributed by atoms with van der Waals surface area (Å²) in [5, 5.41) is 5.47. The zero-order chi connectivity index (χ0) is 16.9. The summed E-state index contributed by atoms with van der Waals surface area (Å²) < 4.78 is 0. The molecule has 1 aliphatic rings. The number of benzene rings is 1. The second kappa shape index (κ2) is 7.31. The zero-order valence-electron chi connectivity index (χ0n) is 13.9. The largest absolute Gasteiger partial charge is 0.372 e. The van der Waals surface area contributed by atoms with Crippen LogP contribution in [0.1, 0.15) is 26.7 Å². The Labute approximate surface area is 137 Å². The van der Waals surface area contributed by atoms with Gasteiger partial charge >= 0.3 is 0 Å². The highest BCUT2D eigenvalue weighted by atomic mass is 16.2. The normalized spacial score (nSPS) is 14.4. The molecule has 0 saturated carbocycles. The molecule has 23 heavy (non-hydrogen) atoms. The van der Waals surface area contributed by atoms with Gasteiger partial charge in [0.15, 0.2) is 0 Å². The Hall–Kier alpha value is -2.30. The SMILES string of the molecule is C=CCNC(=O)C(C)(C)C(=O)Nc1ccc(N2CCCC2)cc1. The van der Waals surface area contributed by atoms with Gasteiger partial charge in [-0.05, 0) is 51.0 Å². The average molecular weight is 315 g/mol. The van der Waals surface area contributed by atoms with Crippen molar-refractivity contribution < 1.29 is 9.59 Å². The molecular weight excluding hydrogens is 290 g/mol. The third kappa shape index (κ3) is 4.12. The predicted molar refractivity (Wildman–Crippen MR) is 93.5 cm³/mol. The van der Waals surface area contributed by atoms with Crippen LogP contribution in [0.5, 0.6) is 0 Å². The van der Waals surface area contributed by atoms with Crippen LogP contribution >= 0.6 is 0 Å². The smallest absolute Gasteiger partial charge is 0.239 e. The summed E-state index contributed by atoms with van der Waals surface area (Å²) in [6.07, 6.45) is 4.04. The first-order chi connectivity index (χ1) is 10.9. The summed E-state index contributed by atoms with van der Waals surface area (Å²) >= 11 is 0. The predicted octanol–water partition coefficient (Wildman–Crippen LogP) is 2.55. The summed E-state index contributed by atoms with van der Waals surface area (Å²) in [5.41, 5.74) is 0.724. The fraction of sp³-hybridized carbons (Fsp3) is 0.444. The van der Waals surface area contributed by atoms with E-state index in [9.17, 15) is 9.59 Å². The van der Waals surface area contributed by atoms with Gasteiger partial charge in [0.05, 0.1) is 0 Å². The van der Waals surface area contributed by atoms with Gasteiger partial charge in [-0.1, -0.05) is 6.08 Å². The minimum Gasteiger partial charge on any atom is -0.372 e. The number of carbonyl (C=O) groups excluding carboxylic acids is 2. The van der Waals surface area contributed by atoms with E-state index in [4.69, 9.17) is 0 Å². The maximum Gasteiger partial charge on any atom is 0.239 e. The van der Waals surface area contributed by atoms with E-state index in [1.165, 1.54) is 18.5 Å². The van der Waals surface area contributed by atoms with Crippen LogP contribution in [-0.2, 0) is 9.59 Å². The van der Waals surface area contributed by atoms with E-state index < -0.39 is 5.41 Å². The Kier molecular flexibility index (Phi) is 5.42. The zero-order valence-corrected chi connectivity index (χ0v) is 13.9. The monoisotopic (exact) mass is 315 g/mol. The van der Waals surface area contributed by atoms with Gasteiger partial charge in [-0.25, -0.2) is 0 Å². The van der Waals surface area contributed by atoms with E-state index in [-0.39, 0.29) is 11.8 Å². The van der Waals surface area contributed by atoms with Gasteiger partial charge in [0.1, 0.15) is 5.41 Å². The molecule has 1 heterocycles. The molecule has 2 amide bonds. The number of nitrogens with one attached hydrogen (secondary N) is 2. The van der Waals surface area contributed by atoms with Crippen LogP contribution in [0.25, 0.3) is 0 Å². The number of anilines is 2. The molecule has 1 aromatic rings. The molecule has 0 aromatic heterocycles. The number of rotatable bonds is 6.